The zero-order valence-corrected chi connectivity index (χ0v) is 14.7. The molecule has 2 aromatic rings. The molecule has 0 spiro atoms. The van der Waals surface area contributed by atoms with Gasteiger partial charge >= 0.3 is 5.97 Å². The van der Waals surface area contributed by atoms with Gasteiger partial charge in [0.1, 0.15) is 10.9 Å². The summed E-state index contributed by atoms with van der Waals surface area (Å²) in [4.78, 5) is 24.9. The van der Waals surface area contributed by atoms with Crippen molar-refractivity contribution < 1.29 is 14.7 Å². The van der Waals surface area contributed by atoms with Gasteiger partial charge in [-0.3, -0.25) is 14.5 Å². The van der Waals surface area contributed by atoms with Gasteiger partial charge in [-0.2, -0.15) is 0 Å². The van der Waals surface area contributed by atoms with Gasteiger partial charge in [0.15, 0.2) is 0 Å². The third-order valence-corrected chi connectivity index (χ3v) is 5.12. The van der Waals surface area contributed by atoms with Gasteiger partial charge in [0.25, 0.3) is 5.91 Å². The lowest BCUT2D eigenvalue weighted by Crippen LogP contribution is -2.33. The summed E-state index contributed by atoms with van der Waals surface area (Å²) in [7, 11) is 0. The molecule has 1 aliphatic heterocycles. The Morgan fingerprint density at radius 1 is 1.38 bits per heavy atom. The highest BCUT2D eigenvalue weighted by Gasteiger charge is 2.33. The Kier molecular flexibility index (Phi) is 4.73. The van der Waals surface area contributed by atoms with E-state index in [1.54, 1.807) is 6.08 Å². The molecule has 3 rings (SSSR count). The fraction of sp³-hybridized carbons (Fsp3) is 0.235. The minimum atomic E-state index is -1.08. The van der Waals surface area contributed by atoms with E-state index in [2.05, 4.69) is 17.6 Å². The fourth-order valence-corrected chi connectivity index (χ4v) is 3.97. The maximum atomic E-state index is 12.4. The zero-order valence-electron chi connectivity index (χ0n) is 13.1. The Labute approximate surface area is 148 Å². The molecule has 2 heterocycles. The molecule has 1 saturated heterocycles. The maximum absolute atomic E-state index is 12.4. The van der Waals surface area contributed by atoms with Gasteiger partial charge in [0, 0.05) is 29.2 Å². The highest BCUT2D eigenvalue weighted by molar-refractivity contribution is 8.26. The van der Waals surface area contributed by atoms with E-state index < -0.39 is 12.5 Å². The van der Waals surface area contributed by atoms with Crippen LogP contribution in [-0.4, -0.2) is 37.3 Å². The molecule has 0 unspecified atom stereocenters. The molecule has 0 aliphatic carbocycles. The molecule has 5 nitrogen and oxygen atoms in total. The van der Waals surface area contributed by atoms with Crippen molar-refractivity contribution in [2.75, 3.05) is 6.54 Å². The average Bonchev–Trinajstić information content (AvgIpc) is 3.01. The summed E-state index contributed by atoms with van der Waals surface area (Å²) in [5, 5.41) is 9.97. The molecule has 1 amide bonds. The fourth-order valence-electron chi connectivity index (χ4n) is 2.73. The van der Waals surface area contributed by atoms with E-state index in [0.29, 0.717) is 4.91 Å². The van der Waals surface area contributed by atoms with Crippen molar-refractivity contribution in [3.8, 4) is 0 Å². The zero-order chi connectivity index (χ0) is 17.3. The number of carboxylic acid groups (broad SMARTS) is 1. The monoisotopic (exact) mass is 360 g/mol. The number of nitrogens with zero attached hydrogens (tertiary/aromatic N) is 2. The van der Waals surface area contributed by atoms with E-state index in [1.165, 1.54) is 0 Å². The van der Waals surface area contributed by atoms with E-state index in [-0.39, 0.29) is 10.2 Å². The summed E-state index contributed by atoms with van der Waals surface area (Å²) in [6, 6.07) is 8.03. The second kappa shape index (κ2) is 6.78. The molecule has 1 N–H and O–H groups in total. The molecule has 0 atom stereocenters. The number of carboxylic acids is 1. The molecule has 1 aliphatic rings. The molecular formula is C17H16N2O3S2. The summed E-state index contributed by atoms with van der Waals surface area (Å²) in [5.74, 6) is -1.42. The summed E-state index contributed by atoms with van der Waals surface area (Å²) >= 11 is 6.28. The number of hydrogen-bond donors (Lipinski definition) is 1. The van der Waals surface area contributed by atoms with Crippen molar-refractivity contribution in [2.45, 2.75) is 19.9 Å². The van der Waals surface area contributed by atoms with Crippen LogP contribution >= 0.6 is 24.0 Å². The molecule has 124 valence electrons. The van der Waals surface area contributed by atoms with Crippen LogP contribution in [0.5, 0.6) is 0 Å². The number of fused-ring (bicyclic) bond motifs is 1. The number of thioether (sulfide) groups is 1. The third kappa shape index (κ3) is 3.09. The van der Waals surface area contributed by atoms with Crippen LogP contribution in [0, 0.1) is 0 Å². The number of para-hydroxylation sites is 1. The second-order valence-electron chi connectivity index (χ2n) is 5.46. The van der Waals surface area contributed by atoms with Gasteiger partial charge in [-0.1, -0.05) is 49.1 Å². The molecule has 0 saturated carbocycles. The predicted octanol–water partition coefficient (Wildman–Crippen LogP) is 3.34. The highest BCUT2D eigenvalue weighted by Crippen LogP contribution is 2.34. The Hall–Kier alpha value is -2.12. The smallest absolute Gasteiger partial charge is 0.323 e. The molecule has 24 heavy (non-hydrogen) atoms. The second-order valence-corrected chi connectivity index (χ2v) is 7.13. The number of carbonyl (C=O) groups is 2. The lowest BCUT2D eigenvalue weighted by Gasteiger charge is -2.10. The van der Waals surface area contributed by atoms with Crippen LogP contribution < -0.4 is 0 Å². The maximum Gasteiger partial charge on any atom is 0.323 e. The van der Waals surface area contributed by atoms with Crippen molar-refractivity contribution >= 4 is 57.2 Å². The van der Waals surface area contributed by atoms with Gasteiger partial charge in [-0.15, -0.1) is 0 Å². The number of thiocarbonyl (C=S) groups is 1. The molecule has 1 aromatic carbocycles. The Morgan fingerprint density at radius 3 is 2.83 bits per heavy atom. The largest absolute Gasteiger partial charge is 0.480 e. The van der Waals surface area contributed by atoms with Crippen molar-refractivity contribution in [3.05, 3.63) is 40.9 Å². The normalized spacial score (nSPS) is 16.5. The van der Waals surface area contributed by atoms with Gasteiger partial charge in [0.05, 0.1) is 4.91 Å². The summed E-state index contributed by atoms with van der Waals surface area (Å²) in [6.07, 6.45) is 4.84. The number of amides is 1. The standard InChI is InChI=1S/C17H16N2O3S2/c1-2-7-18-9-11(12-5-3-4-6-13(12)18)8-14-16(22)19(10-15(20)21)17(23)24-14/h3-6,8-9H,2,7,10H2,1H3,(H,20,21). The number of aromatic nitrogens is 1. The van der Waals surface area contributed by atoms with Gasteiger partial charge in [-0.25, -0.2) is 0 Å². The first-order valence-corrected chi connectivity index (χ1v) is 8.78. The van der Waals surface area contributed by atoms with Crippen LogP contribution in [-0.2, 0) is 16.1 Å². The third-order valence-electron chi connectivity index (χ3n) is 3.74. The van der Waals surface area contributed by atoms with Crippen LogP contribution in [0.2, 0.25) is 0 Å². The average molecular weight is 360 g/mol. The quantitative estimate of drug-likeness (QED) is 0.654. The van der Waals surface area contributed by atoms with E-state index in [0.717, 1.165) is 46.1 Å². The van der Waals surface area contributed by atoms with Crippen molar-refractivity contribution in [3.63, 3.8) is 0 Å². The number of aryl methyl sites for hydroxylation is 1. The van der Waals surface area contributed by atoms with E-state index in [4.69, 9.17) is 17.3 Å². The molecule has 0 bridgehead atoms. The number of benzene rings is 1. The Bertz CT molecular complexity index is 870. The van der Waals surface area contributed by atoms with Crippen LogP contribution in [0.25, 0.3) is 17.0 Å². The van der Waals surface area contributed by atoms with Crippen molar-refractivity contribution in [1.29, 1.82) is 0 Å². The lowest BCUT2D eigenvalue weighted by atomic mass is 10.1. The van der Waals surface area contributed by atoms with Crippen molar-refractivity contribution in [2.24, 2.45) is 0 Å². The molecule has 7 heteroatoms. The number of hydrogen-bond acceptors (Lipinski definition) is 4. The number of aliphatic carboxylic acids is 1. The number of carbonyl (C=O) groups excluding carboxylic acids is 1. The Balaban J connectivity index is 2.00. The minimum absolute atomic E-state index is 0.283. The van der Waals surface area contributed by atoms with Crippen molar-refractivity contribution in [1.82, 2.24) is 9.47 Å². The molecule has 1 fully saturated rings. The van der Waals surface area contributed by atoms with Crippen LogP contribution in [0.4, 0.5) is 0 Å². The summed E-state index contributed by atoms with van der Waals surface area (Å²) in [6.45, 7) is 2.61. The van der Waals surface area contributed by atoms with E-state index in [9.17, 15) is 9.59 Å². The van der Waals surface area contributed by atoms with Crippen LogP contribution in [0.15, 0.2) is 35.4 Å². The highest BCUT2D eigenvalue weighted by atomic mass is 32.2. The first-order valence-electron chi connectivity index (χ1n) is 7.56. The Morgan fingerprint density at radius 2 is 2.12 bits per heavy atom. The van der Waals surface area contributed by atoms with Crippen LogP contribution in [0.3, 0.4) is 0 Å². The molecule has 0 radical (unpaired) electrons. The molecule has 1 aromatic heterocycles. The van der Waals surface area contributed by atoms with Gasteiger partial charge in [-0.05, 0) is 18.6 Å². The van der Waals surface area contributed by atoms with E-state index >= 15 is 0 Å². The predicted molar refractivity (Wildman–Crippen MR) is 99.7 cm³/mol. The van der Waals surface area contributed by atoms with Crippen LogP contribution in [0.1, 0.15) is 18.9 Å². The lowest BCUT2D eigenvalue weighted by molar-refractivity contribution is -0.140. The topological polar surface area (TPSA) is 62.5 Å². The summed E-state index contributed by atoms with van der Waals surface area (Å²) in [5.41, 5.74) is 2.06. The van der Waals surface area contributed by atoms with Gasteiger partial charge in [0.2, 0.25) is 0 Å². The minimum Gasteiger partial charge on any atom is -0.480 e. The first-order chi connectivity index (χ1) is 11.5. The SMILES string of the molecule is CCCn1cc(C=C2SC(=S)N(CC(=O)O)C2=O)c2ccccc21. The van der Waals surface area contributed by atoms with E-state index in [1.807, 2.05) is 24.4 Å². The first kappa shape index (κ1) is 16.7. The molecular weight excluding hydrogens is 344 g/mol. The summed E-state index contributed by atoms with van der Waals surface area (Å²) < 4.78 is 2.45. The number of rotatable bonds is 5. The van der Waals surface area contributed by atoms with Gasteiger partial charge < -0.3 is 9.67 Å².